The van der Waals surface area contributed by atoms with Crippen LogP contribution < -0.4 is 0 Å². The second-order valence-electron chi connectivity index (χ2n) is 10.9. The predicted octanol–water partition coefficient (Wildman–Crippen LogP) is 7.08. The number of nitriles is 1. The Balaban J connectivity index is 1.68. The molecule has 4 aromatic rings. The molecule has 0 saturated carbocycles. The molecule has 0 saturated heterocycles. The van der Waals surface area contributed by atoms with Crippen LogP contribution in [0.25, 0.3) is 33.5 Å². The Morgan fingerprint density at radius 2 is 1.78 bits per heavy atom. The maximum atomic E-state index is 15.2. The Morgan fingerprint density at radius 3 is 2.57 bits per heavy atom. The Morgan fingerprint density at radius 1 is 1.00 bits per heavy atom. The lowest BCUT2D eigenvalue weighted by atomic mass is 9.51. The average Bonchev–Trinajstić information content (AvgIpc) is 2.90. The van der Waals surface area contributed by atoms with Crippen LogP contribution in [0.4, 0.5) is 4.39 Å². The third-order valence-electron chi connectivity index (χ3n) is 8.46. The summed E-state index contributed by atoms with van der Waals surface area (Å²) in [5, 5.41) is 21.8. The largest absolute Gasteiger partial charge is 0.511 e. The summed E-state index contributed by atoms with van der Waals surface area (Å²) >= 11 is 0. The van der Waals surface area contributed by atoms with Crippen LogP contribution in [0.2, 0.25) is 0 Å². The normalized spacial score (nSPS) is 22.3. The zero-order valence-electron chi connectivity index (χ0n) is 21.1. The fraction of sp³-hybridized carbons (Fsp3) is 0.290. The molecule has 184 valence electrons. The molecule has 1 N–H and O–H groups in total. The molecule has 0 amide bonds. The van der Waals surface area contributed by atoms with Crippen LogP contribution in [-0.2, 0) is 11.8 Å². The molecule has 37 heavy (non-hydrogen) atoms. The molecule has 6 rings (SSSR count). The van der Waals surface area contributed by atoms with Gasteiger partial charge in [-0.25, -0.2) is 14.4 Å². The second-order valence-corrected chi connectivity index (χ2v) is 10.9. The van der Waals surface area contributed by atoms with Gasteiger partial charge in [-0.15, -0.1) is 0 Å². The SMILES string of the molecule is CC1(C)C(O)=C(C#N)C[C@@]2(C)c3nc(-c4cccc5ncccc45)nc(-c4ccccc4F)c3CC[C@H]12. The number of fused-ring (bicyclic) bond motifs is 4. The number of aliphatic hydroxyl groups excluding tert-OH is 1. The number of rotatable bonds is 2. The van der Waals surface area contributed by atoms with Crippen LogP contribution in [0.15, 0.2) is 72.1 Å². The minimum atomic E-state index is -0.595. The summed E-state index contributed by atoms with van der Waals surface area (Å²) in [7, 11) is 0. The van der Waals surface area contributed by atoms with Crippen LogP contribution in [0.1, 0.15) is 44.9 Å². The summed E-state index contributed by atoms with van der Waals surface area (Å²) < 4.78 is 15.2. The quantitative estimate of drug-likeness (QED) is 0.324. The van der Waals surface area contributed by atoms with Gasteiger partial charge in [0.1, 0.15) is 11.6 Å². The van der Waals surface area contributed by atoms with Crippen molar-refractivity contribution in [2.75, 3.05) is 0 Å². The molecule has 2 aromatic carbocycles. The monoisotopic (exact) mass is 490 g/mol. The number of hydrogen-bond donors (Lipinski definition) is 1. The summed E-state index contributed by atoms with van der Waals surface area (Å²) in [4.78, 5) is 14.7. The first-order valence-electron chi connectivity index (χ1n) is 12.6. The highest BCUT2D eigenvalue weighted by atomic mass is 19.1. The molecule has 0 fully saturated rings. The predicted molar refractivity (Wildman–Crippen MR) is 141 cm³/mol. The lowest BCUT2D eigenvalue weighted by Crippen LogP contribution is -2.49. The van der Waals surface area contributed by atoms with Crippen molar-refractivity contribution < 1.29 is 9.50 Å². The minimum Gasteiger partial charge on any atom is -0.511 e. The molecule has 5 nitrogen and oxygen atoms in total. The van der Waals surface area contributed by atoms with Gasteiger partial charge >= 0.3 is 0 Å². The third-order valence-corrected chi connectivity index (χ3v) is 8.46. The van der Waals surface area contributed by atoms with Gasteiger partial charge in [0.2, 0.25) is 0 Å². The van der Waals surface area contributed by atoms with Crippen LogP contribution in [0.3, 0.4) is 0 Å². The van der Waals surface area contributed by atoms with E-state index in [4.69, 9.17) is 9.97 Å². The Kier molecular flexibility index (Phi) is 5.17. The van der Waals surface area contributed by atoms with E-state index in [2.05, 4.69) is 18.0 Å². The second kappa shape index (κ2) is 8.21. The fourth-order valence-electron chi connectivity index (χ4n) is 6.72. The molecular weight excluding hydrogens is 463 g/mol. The molecule has 2 aromatic heterocycles. The van der Waals surface area contributed by atoms with Gasteiger partial charge in [-0.2, -0.15) is 5.26 Å². The highest BCUT2D eigenvalue weighted by Gasteiger charge is 2.55. The van der Waals surface area contributed by atoms with Gasteiger partial charge in [0, 0.05) is 39.1 Å². The van der Waals surface area contributed by atoms with Gasteiger partial charge in [0.25, 0.3) is 0 Å². The van der Waals surface area contributed by atoms with Crippen LogP contribution >= 0.6 is 0 Å². The molecule has 2 atom stereocenters. The van der Waals surface area contributed by atoms with Crippen molar-refractivity contribution in [3.05, 3.63) is 89.2 Å². The van der Waals surface area contributed by atoms with E-state index in [1.165, 1.54) is 6.07 Å². The number of halogens is 1. The first kappa shape index (κ1) is 23.3. The number of benzene rings is 2. The van der Waals surface area contributed by atoms with Gasteiger partial charge in [-0.3, -0.25) is 4.98 Å². The Bertz CT molecular complexity index is 1650. The molecule has 2 heterocycles. The summed E-state index contributed by atoms with van der Waals surface area (Å²) in [6.45, 7) is 6.14. The zero-order valence-corrected chi connectivity index (χ0v) is 21.1. The van der Waals surface area contributed by atoms with Gasteiger partial charge in [0.15, 0.2) is 5.82 Å². The first-order valence-corrected chi connectivity index (χ1v) is 12.6. The van der Waals surface area contributed by atoms with Crippen molar-refractivity contribution in [2.45, 2.75) is 45.4 Å². The maximum absolute atomic E-state index is 15.2. The fourth-order valence-corrected chi connectivity index (χ4v) is 6.72. The molecule has 6 heteroatoms. The van der Waals surface area contributed by atoms with Crippen molar-refractivity contribution in [3.63, 3.8) is 0 Å². The van der Waals surface area contributed by atoms with Crippen LogP contribution in [-0.4, -0.2) is 20.1 Å². The van der Waals surface area contributed by atoms with Gasteiger partial charge in [-0.1, -0.05) is 51.1 Å². The third kappa shape index (κ3) is 3.37. The Labute approximate surface area is 215 Å². The number of hydrogen-bond acceptors (Lipinski definition) is 5. The number of aliphatic hydroxyl groups is 1. The summed E-state index contributed by atoms with van der Waals surface area (Å²) in [6.07, 6.45) is 3.57. The molecule has 0 spiro atoms. The van der Waals surface area contributed by atoms with E-state index in [-0.39, 0.29) is 17.5 Å². The molecule has 0 radical (unpaired) electrons. The van der Waals surface area contributed by atoms with Crippen molar-refractivity contribution in [1.82, 2.24) is 15.0 Å². The summed E-state index contributed by atoms with van der Waals surface area (Å²) in [5.41, 5.74) is 3.70. The molecule has 2 aliphatic rings. The van der Waals surface area contributed by atoms with Crippen molar-refractivity contribution >= 4 is 10.9 Å². The van der Waals surface area contributed by atoms with E-state index in [9.17, 15) is 10.4 Å². The minimum absolute atomic E-state index is 0.0509. The van der Waals surface area contributed by atoms with Gasteiger partial charge in [-0.05, 0) is 49.4 Å². The molecule has 0 bridgehead atoms. The number of pyridine rings is 1. The summed E-state index contributed by atoms with van der Waals surface area (Å²) in [5.74, 6) is 0.396. The Hall–Kier alpha value is -4.11. The lowest BCUT2D eigenvalue weighted by molar-refractivity contribution is 0.0630. The van der Waals surface area contributed by atoms with Crippen molar-refractivity contribution in [3.8, 4) is 28.7 Å². The van der Waals surface area contributed by atoms with Gasteiger partial charge < -0.3 is 5.11 Å². The number of allylic oxidation sites excluding steroid dienone is 2. The maximum Gasteiger partial charge on any atom is 0.160 e. The molecule has 0 aliphatic heterocycles. The molecular formula is C31H27FN4O. The highest BCUT2D eigenvalue weighted by Crippen LogP contribution is 2.58. The number of nitrogens with zero attached hydrogens (tertiary/aromatic N) is 4. The van der Waals surface area contributed by atoms with Crippen molar-refractivity contribution in [1.29, 1.82) is 5.26 Å². The summed E-state index contributed by atoms with van der Waals surface area (Å²) in [6, 6.07) is 18.7. The highest BCUT2D eigenvalue weighted by molar-refractivity contribution is 5.93. The van der Waals surface area contributed by atoms with E-state index in [0.717, 1.165) is 34.1 Å². The van der Waals surface area contributed by atoms with E-state index in [1.807, 2.05) is 50.2 Å². The smallest absolute Gasteiger partial charge is 0.160 e. The lowest BCUT2D eigenvalue weighted by Gasteiger charge is -2.52. The van der Waals surface area contributed by atoms with Gasteiger partial charge in [0.05, 0.1) is 28.5 Å². The molecule has 0 unspecified atom stereocenters. The number of aromatic nitrogens is 3. The van der Waals surface area contributed by atoms with E-state index >= 15 is 4.39 Å². The average molecular weight is 491 g/mol. The standard InChI is InChI=1S/C31H27FN4O/c1-30(2)25-14-13-22-26(21-8-4-5-11-23(21)32)35-29(20-9-6-12-24-19(20)10-7-15-34-24)36-27(22)31(25,3)16-18(17-33)28(30)37/h4-12,15,25,37H,13-14,16H2,1-3H3/t25-,31-/m1/s1. The van der Waals surface area contributed by atoms with Crippen molar-refractivity contribution in [2.24, 2.45) is 11.3 Å². The van der Waals surface area contributed by atoms with E-state index in [1.54, 1.807) is 18.3 Å². The molecule has 2 aliphatic carbocycles. The first-order chi connectivity index (χ1) is 17.8. The van der Waals surface area contributed by atoms with Crippen LogP contribution in [0.5, 0.6) is 0 Å². The van der Waals surface area contributed by atoms with E-state index < -0.39 is 10.8 Å². The topological polar surface area (TPSA) is 82.7 Å². The zero-order chi connectivity index (χ0) is 25.9. The van der Waals surface area contributed by atoms with Crippen LogP contribution in [0, 0.1) is 28.5 Å². The van der Waals surface area contributed by atoms with E-state index in [0.29, 0.717) is 35.5 Å².